The first-order valence-electron chi connectivity index (χ1n) is 19.2. The number of fused-ring (bicyclic) bond motifs is 2. The number of anilines is 1. The molecule has 14 heteroatoms. The zero-order valence-electron chi connectivity index (χ0n) is 32.8. The van der Waals surface area contributed by atoms with E-state index in [4.69, 9.17) is 32.7 Å². The molecule has 0 saturated heterocycles. The summed E-state index contributed by atoms with van der Waals surface area (Å²) < 4.78 is 15.8. The molecule has 0 spiro atoms. The highest BCUT2D eigenvalue weighted by molar-refractivity contribution is 6.34. The number of rotatable bonds is 11. The Kier molecular flexibility index (Phi) is 12.1. The molecule has 3 unspecified atom stereocenters. The lowest BCUT2D eigenvalue weighted by Crippen LogP contribution is -2.55. The topological polar surface area (TPSA) is 134 Å². The summed E-state index contributed by atoms with van der Waals surface area (Å²) >= 11 is 12.5. The van der Waals surface area contributed by atoms with E-state index >= 15 is 0 Å². The van der Waals surface area contributed by atoms with E-state index in [2.05, 4.69) is 89.6 Å². The van der Waals surface area contributed by atoms with Gasteiger partial charge < -0.3 is 14.8 Å². The van der Waals surface area contributed by atoms with Gasteiger partial charge in [-0.15, -0.1) is 15.3 Å². The molecule has 2 saturated carbocycles. The number of aromatic amines is 2. The van der Waals surface area contributed by atoms with Gasteiger partial charge in [-0.1, -0.05) is 77.1 Å². The van der Waals surface area contributed by atoms with Crippen molar-refractivity contribution >= 4 is 40.2 Å². The van der Waals surface area contributed by atoms with Crippen LogP contribution in [0.2, 0.25) is 10.0 Å². The predicted octanol–water partition coefficient (Wildman–Crippen LogP) is 9.11. The Morgan fingerprint density at radius 3 is 2.19 bits per heavy atom. The largest absolute Gasteiger partial charge is 0.363 e. The molecule has 7 rings (SSSR count). The van der Waals surface area contributed by atoms with Crippen molar-refractivity contribution in [2.45, 2.75) is 130 Å². The monoisotopic (exact) mass is 768 g/mol. The summed E-state index contributed by atoms with van der Waals surface area (Å²) in [6.07, 6.45) is 9.48. The van der Waals surface area contributed by atoms with Gasteiger partial charge in [0.1, 0.15) is 16.8 Å². The van der Waals surface area contributed by atoms with Crippen molar-refractivity contribution in [3.63, 3.8) is 0 Å². The van der Waals surface area contributed by atoms with Crippen molar-refractivity contribution in [2.24, 2.45) is 17.8 Å². The van der Waals surface area contributed by atoms with Crippen LogP contribution < -0.4 is 10.6 Å². The van der Waals surface area contributed by atoms with Crippen molar-refractivity contribution in [1.82, 2.24) is 44.9 Å². The first-order valence-corrected chi connectivity index (χ1v) is 19.9. The summed E-state index contributed by atoms with van der Waals surface area (Å²) in [5, 5.41) is 27.7. The van der Waals surface area contributed by atoms with E-state index in [9.17, 15) is 0 Å². The van der Waals surface area contributed by atoms with E-state index in [1.807, 2.05) is 42.6 Å². The molecule has 4 N–H and O–H groups in total. The molecule has 12 nitrogen and oxygen atoms in total. The quantitative estimate of drug-likeness (QED) is 0.0978. The van der Waals surface area contributed by atoms with Crippen LogP contribution in [-0.4, -0.2) is 70.8 Å². The van der Waals surface area contributed by atoms with Crippen LogP contribution in [0.15, 0.2) is 24.3 Å². The molecular weight excluding hydrogens is 711 g/mol. The molecule has 4 aromatic heterocycles. The molecule has 0 bridgehead atoms. The fourth-order valence-electron chi connectivity index (χ4n) is 7.39. The lowest BCUT2D eigenvalue weighted by atomic mass is 9.74. The number of hydrogen-bond acceptors (Lipinski definition) is 8. The van der Waals surface area contributed by atoms with E-state index in [1.54, 1.807) is 4.63 Å². The molecule has 0 amide bonds. The van der Waals surface area contributed by atoms with Crippen LogP contribution in [-0.2, 0) is 14.9 Å². The second-order valence-electron chi connectivity index (χ2n) is 16.5. The number of nitrogens with zero attached hydrogens (tertiary/aromatic N) is 6. The van der Waals surface area contributed by atoms with E-state index in [1.165, 1.54) is 32.1 Å². The van der Waals surface area contributed by atoms with Crippen LogP contribution in [0.3, 0.4) is 0 Å². The third-order valence-corrected chi connectivity index (χ3v) is 12.8. The summed E-state index contributed by atoms with van der Waals surface area (Å²) in [6.45, 7) is 20.5. The Hall–Kier alpha value is -3.16. The van der Waals surface area contributed by atoms with E-state index in [0.717, 1.165) is 47.2 Å². The average molecular weight is 770 g/mol. The van der Waals surface area contributed by atoms with E-state index < -0.39 is 0 Å². The molecule has 290 valence electrons. The van der Waals surface area contributed by atoms with Crippen molar-refractivity contribution in [3.05, 3.63) is 51.5 Å². The standard InChI is InChI=1S/C20H26ClN5O.C19H32ClN5O/c1-12-4-5-13(2)17(10-12)27-11-22-16-8-6-15(7-9-16)19-23-20-18(21)14(3)24-26(20)25-19;1-12-9-7-8-10-14(12)26-11-21-19(5,6)18(3,4)17-23-22-16-15(20)13(2)24-25(16)17/h6-9,12-13,17,22,24H,4-5,10-11H2,1-3H3;12,14,21,24H,7-11H2,1-6H3/t12?,13-,17?;12-,14?/m11/s1. The number of aromatic nitrogens is 8. The Bertz CT molecular complexity index is 1960. The third-order valence-electron chi connectivity index (χ3n) is 11.9. The first-order chi connectivity index (χ1) is 25.2. The van der Waals surface area contributed by atoms with Gasteiger partial charge in [-0.2, -0.15) is 4.63 Å². The van der Waals surface area contributed by atoms with E-state index in [-0.39, 0.29) is 11.0 Å². The number of ether oxygens (including phenoxy) is 2. The number of benzene rings is 1. The van der Waals surface area contributed by atoms with Gasteiger partial charge in [-0.05, 0) is 95.4 Å². The van der Waals surface area contributed by atoms with Crippen molar-refractivity contribution < 1.29 is 9.47 Å². The number of nitrogens with one attached hydrogen (secondary N) is 4. The van der Waals surface area contributed by atoms with Gasteiger partial charge in [-0.25, -0.2) is 9.50 Å². The van der Waals surface area contributed by atoms with Crippen LogP contribution in [0, 0.1) is 31.6 Å². The molecule has 2 aliphatic rings. The summed E-state index contributed by atoms with van der Waals surface area (Å²) in [5.41, 5.74) is 4.50. The van der Waals surface area contributed by atoms with Gasteiger partial charge in [0.25, 0.3) is 0 Å². The molecule has 1 aromatic carbocycles. The molecule has 53 heavy (non-hydrogen) atoms. The Balaban J connectivity index is 0.000000182. The predicted molar refractivity (Wildman–Crippen MR) is 213 cm³/mol. The minimum atomic E-state index is -0.297. The second-order valence-corrected chi connectivity index (χ2v) is 17.2. The third kappa shape index (κ3) is 8.57. The molecule has 0 aliphatic heterocycles. The molecule has 2 aliphatic carbocycles. The minimum absolute atomic E-state index is 0.251. The highest BCUT2D eigenvalue weighted by atomic mass is 35.5. The van der Waals surface area contributed by atoms with Gasteiger partial charge in [0.15, 0.2) is 22.9 Å². The zero-order chi connectivity index (χ0) is 38.1. The van der Waals surface area contributed by atoms with E-state index in [0.29, 0.717) is 64.7 Å². The number of H-pyrrole nitrogens is 2. The van der Waals surface area contributed by atoms with Crippen LogP contribution in [0.25, 0.3) is 22.7 Å². The fraction of sp³-hybridized carbons (Fsp3) is 0.641. The summed E-state index contributed by atoms with van der Waals surface area (Å²) in [7, 11) is 0. The van der Waals surface area contributed by atoms with Gasteiger partial charge in [-0.3, -0.25) is 15.5 Å². The maximum atomic E-state index is 6.31. The molecule has 0 radical (unpaired) electrons. The lowest BCUT2D eigenvalue weighted by molar-refractivity contribution is -0.0275. The first kappa shape index (κ1) is 39.5. The van der Waals surface area contributed by atoms with Gasteiger partial charge in [0, 0.05) is 22.2 Å². The highest BCUT2D eigenvalue weighted by Gasteiger charge is 2.42. The summed E-state index contributed by atoms with van der Waals surface area (Å²) in [4.78, 5) is 4.52. The van der Waals surface area contributed by atoms with Crippen molar-refractivity contribution in [2.75, 3.05) is 18.8 Å². The van der Waals surface area contributed by atoms with Crippen LogP contribution in [0.5, 0.6) is 0 Å². The zero-order valence-corrected chi connectivity index (χ0v) is 34.3. The normalized spacial score (nSPS) is 22.7. The molecule has 2 fully saturated rings. The van der Waals surface area contributed by atoms with Crippen molar-refractivity contribution in [1.29, 1.82) is 0 Å². The van der Waals surface area contributed by atoms with Crippen LogP contribution in [0.4, 0.5) is 5.69 Å². The second kappa shape index (κ2) is 16.3. The fourth-order valence-corrected chi connectivity index (χ4v) is 7.72. The lowest BCUT2D eigenvalue weighted by Gasteiger charge is -2.41. The molecule has 5 atom stereocenters. The number of aryl methyl sites for hydroxylation is 2. The van der Waals surface area contributed by atoms with Crippen LogP contribution in [0.1, 0.15) is 111 Å². The van der Waals surface area contributed by atoms with Gasteiger partial charge in [0.05, 0.1) is 30.3 Å². The number of hydrogen-bond donors (Lipinski definition) is 4. The molecule has 4 heterocycles. The molecule has 5 aromatic rings. The molecular formula is C39H58Cl2N10O2. The summed E-state index contributed by atoms with van der Waals surface area (Å²) in [5.74, 6) is 3.54. The Labute approximate surface area is 323 Å². The van der Waals surface area contributed by atoms with Gasteiger partial charge >= 0.3 is 0 Å². The number of halogens is 2. The highest BCUT2D eigenvalue weighted by Crippen LogP contribution is 2.36. The summed E-state index contributed by atoms with van der Waals surface area (Å²) in [6, 6.07) is 8.05. The Morgan fingerprint density at radius 2 is 1.47 bits per heavy atom. The van der Waals surface area contributed by atoms with Gasteiger partial charge in [0.2, 0.25) is 0 Å². The maximum Gasteiger partial charge on any atom is 0.196 e. The minimum Gasteiger partial charge on any atom is -0.363 e. The average Bonchev–Trinajstić information content (AvgIpc) is 3.87. The smallest absolute Gasteiger partial charge is 0.196 e. The van der Waals surface area contributed by atoms with Crippen molar-refractivity contribution in [3.8, 4) is 11.4 Å². The SMILES string of the molecule is Cc1[nH]n2c(C(C)(C)C(C)(C)NCOC3CCCC[C@H]3C)nnc2c1Cl.Cc1[nH]n2nc(-c3ccc(NCOC4CC(C)CC[C@H]4C)cc3)nc2c1Cl. The Morgan fingerprint density at radius 1 is 0.811 bits per heavy atom. The maximum absolute atomic E-state index is 6.31. The van der Waals surface area contributed by atoms with Crippen LogP contribution >= 0.6 is 23.2 Å².